The standard InChI is InChI=1S/C21H12ClF3N4O3/c22-14-7-3-12(4-8-14)19(30)27-18-9-15(11-1-5-13(6-2-11)21(23,24)25)26-17-10-16(20(31)32)28-29(17)18/h1-10H,(H,27,30)(H,31,32). The second kappa shape index (κ2) is 7.97. The molecule has 4 aromatic rings. The number of hydrogen-bond acceptors (Lipinski definition) is 4. The van der Waals surface area contributed by atoms with Gasteiger partial charge in [-0.15, -0.1) is 0 Å². The van der Waals surface area contributed by atoms with E-state index in [0.29, 0.717) is 10.6 Å². The second-order valence-electron chi connectivity index (χ2n) is 6.67. The molecular weight excluding hydrogens is 449 g/mol. The third kappa shape index (κ3) is 4.26. The van der Waals surface area contributed by atoms with E-state index in [1.54, 1.807) is 0 Å². The van der Waals surface area contributed by atoms with Gasteiger partial charge in [-0.2, -0.15) is 22.8 Å². The van der Waals surface area contributed by atoms with Gasteiger partial charge < -0.3 is 10.4 Å². The molecule has 0 saturated carbocycles. The molecule has 0 unspecified atom stereocenters. The number of rotatable bonds is 4. The van der Waals surface area contributed by atoms with Gasteiger partial charge in [0.25, 0.3) is 5.91 Å². The minimum absolute atomic E-state index is 0.0809. The van der Waals surface area contributed by atoms with E-state index in [1.807, 2.05) is 0 Å². The number of benzene rings is 2. The smallest absolute Gasteiger partial charge is 0.416 e. The van der Waals surface area contributed by atoms with Gasteiger partial charge in [-0.3, -0.25) is 4.79 Å². The Morgan fingerprint density at radius 1 is 1.00 bits per heavy atom. The molecule has 0 spiro atoms. The summed E-state index contributed by atoms with van der Waals surface area (Å²) in [4.78, 5) is 28.3. The number of nitrogens with zero attached hydrogens (tertiary/aromatic N) is 3. The molecule has 1 amide bonds. The maximum absolute atomic E-state index is 12.9. The van der Waals surface area contributed by atoms with Crippen LogP contribution in [0.1, 0.15) is 26.4 Å². The molecule has 2 heterocycles. The van der Waals surface area contributed by atoms with Crippen LogP contribution in [0.25, 0.3) is 16.9 Å². The van der Waals surface area contributed by atoms with Crippen LogP contribution in [-0.4, -0.2) is 31.6 Å². The van der Waals surface area contributed by atoms with Crippen LogP contribution in [0.5, 0.6) is 0 Å². The van der Waals surface area contributed by atoms with Crippen LogP contribution in [0.3, 0.4) is 0 Å². The molecule has 0 aliphatic rings. The Kier molecular flexibility index (Phi) is 5.31. The number of carbonyl (C=O) groups is 2. The van der Waals surface area contributed by atoms with E-state index in [9.17, 15) is 27.9 Å². The van der Waals surface area contributed by atoms with Gasteiger partial charge in [0, 0.05) is 28.3 Å². The molecule has 0 radical (unpaired) electrons. The Hall–Kier alpha value is -3.92. The van der Waals surface area contributed by atoms with Crippen LogP contribution in [-0.2, 0) is 6.18 Å². The van der Waals surface area contributed by atoms with Gasteiger partial charge >= 0.3 is 12.1 Å². The van der Waals surface area contributed by atoms with Crippen LogP contribution < -0.4 is 5.32 Å². The topological polar surface area (TPSA) is 96.6 Å². The highest BCUT2D eigenvalue weighted by molar-refractivity contribution is 6.30. The lowest BCUT2D eigenvalue weighted by Crippen LogP contribution is -2.15. The summed E-state index contributed by atoms with van der Waals surface area (Å²) in [5.74, 6) is -1.75. The number of carboxylic acids is 1. The summed E-state index contributed by atoms with van der Waals surface area (Å²) in [6, 6.07) is 12.9. The summed E-state index contributed by atoms with van der Waals surface area (Å²) in [5, 5.41) is 16.2. The van der Waals surface area contributed by atoms with Gasteiger partial charge in [-0.1, -0.05) is 23.7 Å². The fourth-order valence-electron chi connectivity index (χ4n) is 2.94. The molecule has 2 aromatic carbocycles. The maximum Gasteiger partial charge on any atom is 0.416 e. The number of anilines is 1. The first-order chi connectivity index (χ1) is 15.1. The lowest BCUT2D eigenvalue weighted by molar-refractivity contribution is -0.137. The number of hydrogen-bond donors (Lipinski definition) is 2. The minimum Gasteiger partial charge on any atom is -0.476 e. The van der Waals surface area contributed by atoms with E-state index < -0.39 is 23.6 Å². The van der Waals surface area contributed by atoms with E-state index in [0.717, 1.165) is 16.6 Å². The van der Waals surface area contributed by atoms with E-state index in [-0.39, 0.29) is 28.4 Å². The van der Waals surface area contributed by atoms with Crippen molar-refractivity contribution in [2.24, 2.45) is 0 Å². The van der Waals surface area contributed by atoms with Crippen molar-refractivity contribution in [3.8, 4) is 11.3 Å². The molecule has 7 nitrogen and oxygen atoms in total. The first kappa shape index (κ1) is 21.3. The number of alkyl halides is 3. The molecule has 2 aromatic heterocycles. The molecule has 11 heteroatoms. The lowest BCUT2D eigenvalue weighted by atomic mass is 10.1. The van der Waals surface area contributed by atoms with Crippen molar-refractivity contribution in [3.05, 3.63) is 82.5 Å². The zero-order valence-corrected chi connectivity index (χ0v) is 16.6. The quantitative estimate of drug-likeness (QED) is 0.446. The van der Waals surface area contributed by atoms with Gasteiger partial charge in [0.15, 0.2) is 11.3 Å². The Balaban J connectivity index is 1.78. The van der Waals surface area contributed by atoms with Gasteiger partial charge in [-0.25, -0.2) is 9.78 Å². The Bertz CT molecular complexity index is 1330. The summed E-state index contributed by atoms with van der Waals surface area (Å²) >= 11 is 5.83. The van der Waals surface area contributed by atoms with E-state index in [1.165, 1.54) is 48.5 Å². The van der Waals surface area contributed by atoms with E-state index >= 15 is 0 Å². The van der Waals surface area contributed by atoms with Crippen molar-refractivity contribution in [3.63, 3.8) is 0 Å². The Labute approximate surface area is 183 Å². The summed E-state index contributed by atoms with van der Waals surface area (Å²) < 4.78 is 39.7. The first-order valence-electron chi connectivity index (χ1n) is 9.00. The van der Waals surface area contributed by atoms with Gasteiger partial charge in [0.05, 0.1) is 11.3 Å². The predicted molar refractivity (Wildman–Crippen MR) is 110 cm³/mol. The van der Waals surface area contributed by atoms with Crippen LogP contribution in [0.15, 0.2) is 60.7 Å². The van der Waals surface area contributed by atoms with Crippen molar-refractivity contribution in [1.82, 2.24) is 14.6 Å². The number of fused-ring (bicyclic) bond motifs is 1. The SMILES string of the molecule is O=C(Nc1cc(-c2ccc(C(F)(F)F)cc2)nc2cc(C(=O)O)nn12)c1ccc(Cl)cc1. The number of halogens is 4. The molecule has 0 bridgehead atoms. The lowest BCUT2D eigenvalue weighted by Gasteiger charge is -2.11. The van der Waals surface area contributed by atoms with Gasteiger partial charge in [0.2, 0.25) is 0 Å². The number of carboxylic acid groups (broad SMARTS) is 1. The fraction of sp³-hybridized carbons (Fsp3) is 0.0476. The van der Waals surface area contributed by atoms with E-state index in [2.05, 4.69) is 15.4 Å². The predicted octanol–water partition coefficient (Wildman–Crippen LogP) is 5.02. The number of nitrogens with one attached hydrogen (secondary N) is 1. The number of aromatic nitrogens is 3. The Morgan fingerprint density at radius 2 is 1.66 bits per heavy atom. The minimum atomic E-state index is -4.49. The van der Waals surface area contributed by atoms with Crippen molar-refractivity contribution < 1.29 is 27.9 Å². The summed E-state index contributed by atoms with van der Waals surface area (Å²) in [6.45, 7) is 0. The molecule has 4 rings (SSSR count). The number of amides is 1. The van der Waals surface area contributed by atoms with Crippen LogP contribution >= 0.6 is 11.6 Å². The van der Waals surface area contributed by atoms with Crippen molar-refractivity contribution in [2.75, 3.05) is 5.32 Å². The molecular formula is C21H12ClF3N4O3. The largest absolute Gasteiger partial charge is 0.476 e. The summed E-state index contributed by atoms with van der Waals surface area (Å²) in [7, 11) is 0. The monoisotopic (exact) mass is 460 g/mol. The number of aromatic carboxylic acids is 1. The number of carbonyl (C=O) groups excluding carboxylic acids is 1. The summed E-state index contributed by atoms with van der Waals surface area (Å²) in [5.41, 5.74) is -0.220. The third-order valence-electron chi connectivity index (χ3n) is 4.50. The van der Waals surface area contributed by atoms with Crippen molar-refractivity contribution in [2.45, 2.75) is 6.18 Å². The summed E-state index contributed by atoms with van der Waals surface area (Å²) in [6.07, 6.45) is -4.49. The second-order valence-corrected chi connectivity index (χ2v) is 7.10. The molecule has 0 aliphatic carbocycles. The molecule has 162 valence electrons. The van der Waals surface area contributed by atoms with Crippen LogP contribution in [0.4, 0.5) is 19.0 Å². The van der Waals surface area contributed by atoms with Crippen LogP contribution in [0.2, 0.25) is 5.02 Å². The average Bonchev–Trinajstić information content (AvgIpc) is 3.19. The average molecular weight is 461 g/mol. The molecule has 2 N–H and O–H groups in total. The normalized spacial score (nSPS) is 11.5. The first-order valence-corrected chi connectivity index (χ1v) is 9.38. The zero-order valence-electron chi connectivity index (χ0n) is 15.9. The molecule has 0 aliphatic heterocycles. The highest BCUT2D eigenvalue weighted by Gasteiger charge is 2.30. The molecule has 32 heavy (non-hydrogen) atoms. The van der Waals surface area contributed by atoms with Crippen molar-refractivity contribution >= 4 is 34.9 Å². The molecule has 0 atom stereocenters. The van der Waals surface area contributed by atoms with Crippen molar-refractivity contribution in [1.29, 1.82) is 0 Å². The highest BCUT2D eigenvalue weighted by Crippen LogP contribution is 2.31. The highest BCUT2D eigenvalue weighted by atomic mass is 35.5. The molecule has 0 fully saturated rings. The van der Waals surface area contributed by atoms with Gasteiger partial charge in [0.1, 0.15) is 5.82 Å². The fourth-order valence-corrected chi connectivity index (χ4v) is 3.06. The maximum atomic E-state index is 12.9. The Morgan fingerprint density at radius 3 is 2.25 bits per heavy atom. The van der Waals surface area contributed by atoms with Crippen LogP contribution in [0, 0.1) is 0 Å². The zero-order chi connectivity index (χ0) is 23.0. The van der Waals surface area contributed by atoms with Gasteiger partial charge in [-0.05, 0) is 36.4 Å². The van der Waals surface area contributed by atoms with E-state index in [4.69, 9.17) is 11.6 Å². The molecule has 0 saturated heterocycles. The third-order valence-corrected chi connectivity index (χ3v) is 4.75.